The molecule has 0 saturated carbocycles. The Morgan fingerprint density at radius 2 is 0.625 bits per heavy atom. The van der Waals surface area contributed by atoms with Crippen LogP contribution >= 0.6 is 58.8 Å². The van der Waals surface area contributed by atoms with Crippen molar-refractivity contribution in [1.29, 1.82) is 0 Å². The van der Waals surface area contributed by atoms with Gasteiger partial charge < -0.3 is 79.5 Å². The molecule has 0 aromatic heterocycles. The third-order valence-corrected chi connectivity index (χ3v) is 15.9. The van der Waals surface area contributed by atoms with Crippen LogP contribution in [0.5, 0.6) is 0 Å². The molecule has 1 aliphatic heterocycles. The maximum Gasteiger partial charge on any atom is 0.317 e. The number of hydrogen-bond acceptors (Lipinski definition) is 21. The molecular weight excluding hydrogens is 1070 g/mol. The molecule has 1 aliphatic rings. The van der Waals surface area contributed by atoms with Crippen molar-refractivity contribution in [2.45, 2.75) is 121 Å². The van der Waals surface area contributed by atoms with Crippen LogP contribution in [0.3, 0.4) is 0 Å². The predicted octanol–water partition coefficient (Wildman–Crippen LogP) is 2.16. The second-order valence-corrected chi connectivity index (χ2v) is 21.8. The molecule has 1 rings (SSSR count). The van der Waals surface area contributed by atoms with Crippen LogP contribution in [-0.4, -0.2) is 236 Å². The zero-order chi connectivity index (χ0) is 54.2. The first-order valence-corrected chi connectivity index (χ1v) is 27.3. The predicted molar refractivity (Wildman–Crippen MR) is 258 cm³/mol. The lowest BCUT2D eigenvalue weighted by molar-refractivity contribution is -0.323. The lowest BCUT2D eigenvalue weighted by Crippen LogP contribution is -2.62. The van der Waals surface area contributed by atoms with Gasteiger partial charge in [-0.3, -0.25) is 47.9 Å². The average molecular weight is 1130 g/mol. The van der Waals surface area contributed by atoms with Crippen LogP contribution in [0.15, 0.2) is 0 Å². The average Bonchev–Trinajstić information content (AvgIpc) is 3.27. The van der Waals surface area contributed by atoms with E-state index >= 15 is 0 Å². The quantitative estimate of drug-likeness (QED) is 0.0390. The van der Waals surface area contributed by atoms with Crippen LogP contribution in [0.4, 0.5) is 0 Å². The van der Waals surface area contributed by atoms with Gasteiger partial charge in [-0.1, -0.05) is 0 Å². The number of carboxylic acids is 10. The van der Waals surface area contributed by atoms with Crippen molar-refractivity contribution in [3.05, 3.63) is 0 Å². The van der Waals surface area contributed by atoms with Crippen LogP contribution in [0, 0.1) is 0 Å². The molecule has 0 amide bonds. The Morgan fingerprint density at radius 1 is 0.361 bits per heavy atom. The molecule has 10 atom stereocenters. The summed E-state index contributed by atoms with van der Waals surface area (Å²) in [7, 11) is 0. The smallest absolute Gasteiger partial charge is 0.317 e. The van der Waals surface area contributed by atoms with Crippen molar-refractivity contribution in [1.82, 2.24) is 0 Å². The molecule has 10 N–H and O–H groups in total. The maximum absolute atomic E-state index is 11.7. The second kappa shape index (κ2) is 37.9. The summed E-state index contributed by atoms with van der Waals surface area (Å²) in [6.07, 6.45) is -8.24. The molecule has 26 nitrogen and oxygen atoms in total. The van der Waals surface area contributed by atoms with Gasteiger partial charge >= 0.3 is 59.7 Å². The first-order valence-electron chi connectivity index (χ1n) is 22.0. The van der Waals surface area contributed by atoms with Crippen molar-refractivity contribution in [2.24, 2.45) is 0 Å². The number of rotatable bonds is 46. The Kier molecular flexibility index (Phi) is 34.8. The van der Waals surface area contributed by atoms with Crippen LogP contribution < -0.4 is 0 Å². The number of ether oxygens (including phenoxy) is 6. The highest BCUT2D eigenvalue weighted by atomic mass is 32.2. The molecule has 31 heteroatoms. The maximum atomic E-state index is 11.7. The molecule has 0 aliphatic carbocycles. The lowest BCUT2D eigenvalue weighted by atomic mass is 9.98. The summed E-state index contributed by atoms with van der Waals surface area (Å²) in [6, 6.07) is 0. The summed E-state index contributed by atoms with van der Waals surface area (Å²) in [4.78, 5) is 114. The largest absolute Gasteiger partial charge is 0.481 e. The van der Waals surface area contributed by atoms with Crippen LogP contribution in [0.1, 0.15) is 64.2 Å². The molecule has 1 fully saturated rings. The Bertz CT molecular complexity index is 1740. The molecule has 0 bridgehead atoms. The monoisotopic (exact) mass is 1130 g/mol. The zero-order valence-electron chi connectivity index (χ0n) is 38.7. The summed E-state index contributed by atoms with van der Waals surface area (Å²) in [5.41, 5.74) is 0. The van der Waals surface area contributed by atoms with E-state index in [-0.39, 0.29) is 101 Å². The topological polar surface area (TPSA) is 428 Å². The number of aliphatic carboxylic acids is 10. The van der Waals surface area contributed by atoms with Crippen molar-refractivity contribution in [2.75, 3.05) is 68.4 Å². The fraction of sp³-hybridized carbons (Fsp3) is 0.756. The molecule has 0 aromatic carbocycles. The normalized spacial score (nSPS) is 19.8. The van der Waals surface area contributed by atoms with Crippen molar-refractivity contribution in [3.8, 4) is 0 Å². The summed E-state index contributed by atoms with van der Waals surface area (Å²) < 4.78 is 37.6. The molecule has 72 heavy (non-hydrogen) atoms. The number of thioether (sulfide) groups is 5. The van der Waals surface area contributed by atoms with Gasteiger partial charge in [0, 0.05) is 26.4 Å². The molecule has 0 spiro atoms. The Labute approximate surface area is 433 Å². The van der Waals surface area contributed by atoms with Crippen LogP contribution in [0.25, 0.3) is 0 Å². The van der Waals surface area contributed by atoms with E-state index in [1.165, 1.54) is 0 Å². The lowest BCUT2D eigenvalue weighted by Gasteiger charge is -2.46. The van der Waals surface area contributed by atoms with Crippen molar-refractivity contribution < 1.29 is 127 Å². The molecule has 412 valence electrons. The van der Waals surface area contributed by atoms with Gasteiger partial charge in [-0.05, 0) is 60.9 Å². The van der Waals surface area contributed by atoms with Gasteiger partial charge in [0.25, 0.3) is 0 Å². The van der Waals surface area contributed by atoms with E-state index < -0.39 is 149 Å². The number of carbonyl (C=O) groups is 10. The Hall–Kier alpha value is -3.79. The van der Waals surface area contributed by atoms with Crippen LogP contribution in [0.2, 0.25) is 0 Å². The molecule has 5 unspecified atom stereocenters. The Balaban J connectivity index is 3.58. The SMILES string of the molecule is O=C(O)CC(SCCCOC[C@H]1O[C@H](OCCCSC(CC(=O)O)C(=O)O)[C@H](OCCCSC(CC(=O)O)C(=O)O)[C@@H](OCCCSC(CC(=O)O)C(=O)O)[C@@H]1OCCCSC(CC(=O)O)C(=O)O)C(=O)O. The third kappa shape index (κ3) is 29.8. The summed E-state index contributed by atoms with van der Waals surface area (Å²) in [5.74, 6) is -12.6. The Morgan fingerprint density at radius 3 is 0.917 bits per heavy atom. The highest BCUT2D eigenvalue weighted by Crippen LogP contribution is 2.31. The second-order valence-electron chi connectivity index (χ2n) is 15.2. The number of carboxylic acid groups (broad SMARTS) is 10. The zero-order valence-corrected chi connectivity index (χ0v) is 42.8. The van der Waals surface area contributed by atoms with Crippen molar-refractivity contribution >= 4 is 119 Å². The molecule has 1 saturated heterocycles. The van der Waals surface area contributed by atoms with Gasteiger partial charge in [0.2, 0.25) is 0 Å². The van der Waals surface area contributed by atoms with Gasteiger partial charge in [-0.2, -0.15) is 0 Å². The number of hydrogen-bond donors (Lipinski definition) is 10. The van der Waals surface area contributed by atoms with Crippen LogP contribution in [-0.2, 0) is 76.4 Å². The molecule has 0 aromatic rings. The van der Waals surface area contributed by atoms with E-state index in [1.807, 2.05) is 0 Å². The highest BCUT2D eigenvalue weighted by molar-refractivity contribution is 8.01. The fourth-order valence-electron chi connectivity index (χ4n) is 6.18. The third-order valence-electron chi connectivity index (χ3n) is 9.45. The van der Waals surface area contributed by atoms with Crippen molar-refractivity contribution in [3.63, 3.8) is 0 Å². The van der Waals surface area contributed by atoms with E-state index in [1.54, 1.807) is 0 Å². The standard InChI is InChI=1S/C41H62O26S5/c42-28(43)16-23(36(52)53)68-11-1-6-62-21-22-33(63-7-2-12-69-24(37(54)55)17-29(44)45)34(64-8-3-13-70-25(38(56)57)18-30(46)47)35(65-9-4-14-71-26(39(58)59)19-31(48)49)41(67-22)66-10-5-15-72-27(40(60)61)20-32(50)51/h22-27,33-35,41H,1-21H2,(H,42,43)(H,44,45)(H,46,47)(H,48,49)(H,50,51)(H,52,53)(H,54,55)(H,56,57)(H,58,59)(H,60,61)/t22-,23?,24?,25?,26?,27?,33-,34+,35-,41+/m1/s1. The summed E-state index contributed by atoms with van der Waals surface area (Å²) >= 11 is 4.34. The molecule has 0 radical (unpaired) electrons. The van der Waals surface area contributed by atoms with E-state index in [0.717, 1.165) is 58.8 Å². The van der Waals surface area contributed by atoms with E-state index in [9.17, 15) is 78.6 Å². The van der Waals surface area contributed by atoms with Gasteiger partial charge in [0.15, 0.2) is 6.29 Å². The van der Waals surface area contributed by atoms with E-state index in [4.69, 9.17) is 48.8 Å². The minimum absolute atomic E-state index is 0.000261. The highest BCUT2D eigenvalue weighted by Gasteiger charge is 2.49. The van der Waals surface area contributed by atoms with Gasteiger partial charge in [-0.25, -0.2) is 0 Å². The first-order chi connectivity index (χ1) is 34.0. The summed E-state index contributed by atoms with van der Waals surface area (Å²) in [5, 5.41) is 86.9. The van der Waals surface area contributed by atoms with E-state index in [2.05, 4.69) is 0 Å². The molecule has 1 heterocycles. The van der Waals surface area contributed by atoms with Gasteiger partial charge in [-0.15, -0.1) is 58.8 Å². The van der Waals surface area contributed by atoms with E-state index in [0.29, 0.717) is 0 Å². The minimum Gasteiger partial charge on any atom is -0.481 e. The fourth-order valence-corrected chi connectivity index (χ4v) is 11.0. The van der Waals surface area contributed by atoms with Gasteiger partial charge in [0.05, 0.1) is 45.3 Å². The van der Waals surface area contributed by atoms with Gasteiger partial charge in [0.1, 0.15) is 50.7 Å². The summed E-state index contributed by atoms with van der Waals surface area (Å²) in [6.45, 7) is -0.726. The first kappa shape index (κ1) is 66.2. The minimum atomic E-state index is -1.34. The molecular formula is C41H62O26S5.